The largest absolute Gasteiger partial charge is 0.462 e. The Morgan fingerprint density at radius 3 is 2.41 bits per heavy atom. The van der Waals surface area contributed by atoms with E-state index < -0.39 is 52.2 Å². The Hall–Kier alpha value is -1.32. The van der Waals surface area contributed by atoms with E-state index in [1.54, 1.807) is 19.9 Å². The maximum Gasteiger partial charge on any atom is 0.309 e. The number of hydrogen-bond donors (Lipinski definition) is 5. The summed E-state index contributed by atoms with van der Waals surface area (Å²) in [6.07, 6.45) is 1.21. The molecule has 0 aromatic rings. The van der Waals surface area contributed by atoms with Gasteiger partial charge in [0, 0.05) is 17.3 Å². The molecule has 0 radical (unpaired) electrons. The number of fused-ring (bicyclic) bond motifs is 5. The van der Waals surface area contributed by atoms with Crippen LogP contribution in [0.15, 0.2) is 11.6 Å². The number of carbonyl (C=O) groups is 2. The maximum atomic E-state index is 13.3. The van der Waals surface area contributed by atoms with Gasteiger partial charge in [0.15, 0.2) is 5.78 Å². The fraction of sp³-hybridized carbons (Fsp3) is 0.862. The second-order valence-electron chi connectivity index (χ2n) is 13.7. The van der Waals surface area contributed by atoms with Gasteiger partial charge in [-0.3, -0.25) is 9.59 Å². The lowest BCUT2D eigenvalue weighted by molar-refractivity contribution is -0.178. The first-order chi connectivity index (χ1) is 17.1. The molecule has 13 atom stereocenters. The number of aliphatic hydroxyl groups excluding tert-OH is 3. The molecule has 0 spiro atoms. The van der Waals surface area contributed by atoms with Crippen LogP contribution in [0, 0.1) is 40.4 Å². The van der Waals surface area contributed by atoms with Crippen molar-refractivity contribution in [1.82, 2.24) is 0 Å². The number of ether oxygens (including phenoxy) is 1. The number of hydrogen-bond acceptors (Lipinski definition) is 8. The van der Waals surface area contributed by atoms with Crippen molar-refractivity contribution in [3.05, 3.63) is 11.6 Å². The van der Waals surface area contributed by atoms with E-state index in [9.17, 15) is 35.1 Å². The third-order valence-corrected chi connectivity index (χ3v) is 11.9. The third kappa shape index (κ3) is 3.65. The molecule has 208 valence electrons. The molecule has 0 unspecified atom stereocenters. The summed E-state index contributed by atoms with van der Waals surface area (Å²) in [5, 5.41) is 56.2. The van der Waals surface area contributed by atoms with Crippen molar-refractivity contribution in [1.29, 1.82) is 0 Å². The Morgan fingerprint density at radius 1 is 1.11 bits per heavy atom. The van der Waals surface area contributed by atoms with E-state index in [-0.39, 0.29) is 48.5 Å². The molecule has 0 amide bonds. The zero-order valence-electron chi connectivity index (χ0n) is 22.7. The standard InChI is InChI=1S/C29H44O8/c1-14-16(15(2)37-25(14)34)10-24(33)28(5,35)23-7-9-29(36)18-11-20(30)19-12-21(31)22(32)13-26(19,3)17(18)6-8-27(23,29)4/h11,14-17,19,21-24,31-33,35-36H,6-10,12-13H2,1-5H3/t14-,15+,16-,17+,19+,21-,22+,23+,24-,26-,27-,28+,29-/m1/s1. The van der Waals surface area contributed by atoms with Gasteiger partial charge in [0.2, 0.25) is 0 Å². The molecule has 1 saturated heterocycles. The van der Waals surface area contributed by atoms with Gasteiger partial charge in [-0.05, 0) is 87.7 Å². The van der Waals surface area contributed by atoms with Crippen LogP contribution >= 0.6 is 0 Å². The monoisotopic (exact) mass is 520 g/mol. The summed E-state index contributed by atoms with van der Waals surface area (Å²) < 4.78 is 5.34. The number of esters is 1. The number of rotatable bonds is 4. The molecular weight excluding hydrogens is 476 g/mol. The fourth-order valence-electron chi connectivity index (χ4n) is 9.39. The van der Waals surface area contributed by atoms with Crippen molar-refractivity contribution in [2.45, 2.75) is 115 Å². The minimum Gasteiger partial charge on any atom is -0.462 e. The zero-order chi connectivity index (χ0) is 27.3. The molecule has 0 bridgehead atoms. The summed E-state index contributed by atoms with van der Waals surface area (Å²) in [7, 11) is 0. The summed E-state index contributed by atoms with van der Waals surface area (Å²) in [5.41, 5.74) is -3.47. The molecule has 1 heterocycles. The third-order valence-electron chi connectivity index (χ3n) is 11.9. The molecule has 1 aliphatic heterocycles. The van der Waals surface area contributed by atoms with E-state index in [4.69, 9.17) is 4.74 Å². The Bertz CT molecular complexity index is 1010. The highest BCUT2D eigenvalue weighted by Gasteiger charge is 2.69. The summed E-state index contributed by atoms with van der Waals surface area (Å²) >= 11 is 0. The SMILES string of the molecule is C[C@@H]1OC(=O)[C@H](C)[C@H]1C[C@@H](O)[C@@](C)(O)[C@H]1CC[C@@]2(O)C3=CC(=O)[C@@H]4C[C@@H](O)[C@@H](O)C[C@]4(C)[C@H]3CC[C@]12C. The molecule has 8 heteroatoms. The highest BCUT2D eigenvalue weighted by molar-refractivity contribution is 5.95. The lowest BCUT2D eigenvalue weighted by Gasteiger charge is -2.60. The molecule has 37 heavy (non-hydrogen) atoms. The predicted molar refractivity (Wildman–Crippen MR) is 134 cm³/mol. The summed E-state index contributed by atoms with van der Waals surface area (Å²) in [4.78, 5) is 25.4. The van der Waals surface area contributed by atoms with Gasteiger partial charge in [0.05, 0.1) is 35.4 Å². The molecule has 5 aliphatic rings. The average Bonchev–Trinajstić information content (AvgIpc) is 3.23. The van der Waals surface area contributed by atoms with Gasteiger partial charge in [0.1, 0.15) is 6.10 Å². The normalized spacial score (nSPS) is 51.9. The van der Waals surface area contributed by atoms with Gasteiger partial charge in [-0.25, -0.2) is 0 Å². The van der Waals surface area contributed by atoms with Crippen molar-refractivity contribution < 1.29 is 39.9 Å². The predicted octanol–water partition coefficient (Wildman–Crippen LogP) is 1.89. The van der Waals surface area contributed by atoms with Crippen LogP contribution in [0.4, 0.5) is 0 Å². The second-order valence-corrected chi connectivity index (χ2v) is 13.7. The molecule has 5 N–H and O–H groups in total. The summed E-state index contributed by atoms with van der Waals surface area (Å²) in [5.74, 6) is -1.88. The Balaban J connectivity index is 1.44. The van der Waals surface area contributed by atoms with Gasteiger partial charge >= 0.3 is 5.97 Å². The molecule has 5 rings (SSSR count). The Kier molecular flexibility index (Phi) is 6.33. The van der Waals surface area contributed by atoms with Gasteiger partial charge in [-0.15, -0.1) is 0 Å². The van der Waals surface area contributed by atoms with Gasteiger partial charge in [0.25, 0.3) is 0 Å². The average molecular weight is 521 g/mol. The van der Waals surface area contributed by atoms with E-state index in [0.29, 0.717) is 37.7 Å². The Morgan fingerprint density at radius 2 is 1.78 bits per heavy atom. The zero-order valence-corrected chi connectivity index (χ0v) is 22.7. The van der Waals surface area contributed by atoms with Crippen LogP contribution in [0.25, 0.3) is 0 Å². The smallest absolute Gasteiger partial charge is 0.309 e. The van der Waals surface area contributed by atoms with Crippen LogP contribution in [0.2, 0.25) is 0 Å². The second kappa shape index (κ2) is 8.59. The Labute approximate surface area is 219 Å². The van der Waals surface area contributed by atoms with Crippen LogP contribution in [0.1, 0.15) is 79.6 Å². The van der Waals surface area contributed by atoms with Crippen molar-refractivity contribution in [3.8, 4) is 0 Å². The number of allylic oxidation sites excluding steroid dienone is 1. The van der Waals surface area contributed by atoms with Gasteiger partial charge in [-0.2, -0.15) is 0 Å². The van der Waals surface area contributed by atoms with Gasteiger partial charge < -0.3 is 30.3 Å². The number of carbonyl (C=O) groups excluding carboxylic acids is 2. The summed E-state index contributed by atoms with van der Waals surface area (Å²) in [6.45, 7) is 9.21. The van der Waals surface area contributed by atoms with Crippen molar-refractivity contribution in [2.75, 3.05) is 0 Å². The topological polar surface area (TPSA) is 145 Å². The highest BCUT2D eigenvalue weighted by Crippen LogP contribution is 2.68. The van der Waals surface area contributed by atoms with Crippen LogP contribution in [0.3, 0.4) is 0 Å². The lowest BCUT2D eigenvalue weighted by Crippen LogP contribution is -2.63. The lowest BCUT2D eigenvalue weighted by atomic mass is 9.45. The van der Waals surface area contributed by atoms with Crippen molar-refractivity contribution >= 4 is 11.8 Å². The molecule has 4 fully saturated rings. The van der Waals surface area contributed by atoms with Gasteiger partial charge in [-0.1, -0.05) is 20.8 Å². The van der Waals surface area contributed by atoms with E-state index in [1.165, 1.54) is 0 Å². The van der Waals surface area contributed by atoms with Crippen molar-refractivity contribution in [3.63, 3.8) is 0 Å². The van der Waals surface area contributed by atoms with Crippen LogP contribution in [-0.4, -0.2) is 72.9 Å². The molecule has 3 saturated carbocycles. The molecule has 8 nitrogen and oxygen atoms in total. The van der Waals surface area contributed by atoms with E-state index in [1.807, 2.05) is 20.8 Å². The summed E-state index contributed by atoms with van der Waals surface area (Å²) in [6, 6.07) is 0. The molecule has 0 aromatic heterocycles. The van der Waals surface area contributed by atoms with E-state index >= 15 is 0 Å². The van der Waals surface area contributed by atoms with Crippen LogP contribution in [0.5, 0.6) is 0 Å². The number of cyclic esters (lactones) is 1. The molecule has 4 aliphatic carbocycles. The minimum atomic E-state index is -1.52. The van der Waals surface area contributed by atoms with Crippen molar-refractivity contribution in [2.24, 2.45) is 40.4 Å². The number of ketones is 1. The first-order valence-electron chi connectivity index (χ1n) is 14.0. The minimum absolute atomic E-state index is 0.104. The molecular formula is C29H44O8. The van der Waals surface area contributed by atoms with Crippen LogP contribution in [-0.2, 0) is 14.3 Å². The quantitative estimate of drug-likeness (QED) is 0.354. The fourth-order valence-corrected chi connectivity index (χ4v) is 9.39. The number of aliphatic hydroxyl groups is 5. The van der Waals surface area contributed by atoms with E-state index in [2.05, 4.69) is 0 Å². The van der Waals surface area contributed by atoms with Crippen LogP contribution < -0.4 is 0 Å². The molecule has 0 aromatic carbocycles. The highest BCUT2D eigenvalue weighted by atomic mass is 16.6. The first kappa shape index (κ1) is 27.3. The van der Waals surface area contributed by atoms with E-state index in [0.717, 1.165) is 0 Å². The first-order valence-corrected chi connectivity index (χ1v) is 14.0. The maximum absolute atomic E-state index is 13.3.